The van der Waals surface area contributed by atoms with Gasteiger partial charge in [-0.3, -0.25) is 9.89 Å². The summed E-state index contributed by atoms with van der Waals surface area (Å²) in [4.78, 5) is 22.4. The van der Waals surface area contributed by atoms with Crippen LogP contribution in [0.4, 0.5) is 17.6 Å². The van der Waals surface area contributed by atoms with E-state index in [1.807, 2.05) is 27.7 Å². The molecule has 10 nitrogen and oxygen atoms in total. The van der Waals surface area contributed by atoms with Crippen LogP contribution in [0.3, 0.4) is 0 Å². The first-order valence-electron chi connectivity index (χ1n) is 12.5. The highest BCUT2D eigenvalue weighted by atomic mass is 16.2. The Morgan fingerprint density at radius 1 is 1.21 bits per heavy atom. The summed E-state index contributed by atoms with van der Waals surface area (Å²) in [6.07, 6.45) is 8.50. The van der Waals surface area contributed by atoms with Crippen molar-refractivity contribution >= 4 is 29.0 Å². The van der Waals surface area contributed by atoms with Crippen molar-refractivity contribution in [3.63, 3.8) is 0 Å². The van der Waals surface area contributed by atoms with E-state index in [0.29, 0.717) is 23.6 Å². The lowest BCUT2D eigenvalue weighted by Crippen LogP contribution is -2.47. The zero-order valence-corrected chi connectivity index (χ0v) is 19.7. The molecule has 1 saturated carbocycles. The number of anilines is 3. The molecule has 1 aliphatic carbocycles. The van der Waals surface area contributed by atoms with Gasteiger partial charge >= 0.3 is 0 Å². The maximum absolute atomic E-state index is 13.2. The third-order valence-corrected chi connectivity index (χ3v) is 7.34. The van der Waals surface area contributed by atoms with Gasteiger partial charge in [-0.25, -0.2) is 4.52 Å². The van der Waals surface area contributed by atoms with E-state index >= 15 is 0 Å². The second kappa shape index (κ2) is 8.90. The van der Waals surface area contributed by atoms with E-state index in [0.717, 1.165) is 50.4 Å². The summed E-state index contributed by atoms with van der Waals surface area (Å²) >= 11 is 0. The number of likely N-dealkylation sites (tertiary alicyclic amines) is 1. The summed E-state index contributed by atoms with van der Waals surface area (Å²) in [5.41, 5.74) is 2.05. The van der Waals surface area contributed by atoms with E-state index in [9.17, 15) is 4.79 Å². The number of carbonyl (C=O) groups excluding carboxylic acids is 1. The molecule has 0 aromatic carbocycles. The molecule has 1 amide bonds. The molecule has 2 atom stereocenters. The molecule has 0 unspecified atom stereocenters. The molecule has 3 aromatic rings. The number of hydrogen-bond donors (Lipinski definition) is 3. The number of nitrogens with zero attached hydrogens (tertiary/aromatic N) is 6. The topological polar surface area (TPSA) is 106 Å². The van der Waals surface area contributed by atoms with Gasteiger partial charge in [-0.15, -0.1) is 5.10 Å². The van der Waals surface area contributed by atoms with E-state index in [2.05, 4.69) is 38.8 Å². The fraction of sp³-hybridized carbons (Fsp3) is 0.583. The SMILES string of the molecule is CN1CCC[C@@H](CNC(=O)[C@@H]2CCCN2c2nc(Nc3cc(C4CC4)[nH]n3)c3cccn3n2)C1. The van der Waals surface area contributed by atoms with Crippen molar-refractivity contribution in [3.8, 4) is 0 Å². The number of hydrogen-bond acceptors (Lipinski definition) is 7. The molecule has 0 radical (unpaired) electrons. The van der Waals surface area contributed by atoms with Crippen molar-refractivity contribution in [1.82, 2.24) is 35.0 Å². The largest absolute Gasteiger partial charge is 0.354 e. The van der Waals surface area contributed by atoms with Crippen LogP contribution in [0, 0.1) is 5.92 Å². The summed E-state index contributed by atoms with van der Waals surface area (Å²) < 4.78 is 1.82. The molecule has 180 valence electrons. The number of aromatic amines is 1. The first kappa shape index (κ1) is 21.4. The second-order valence-electron chi connectivity index (χ2n) is 10.1. The maximum Gasteiger partial charge on any atom is 0.246 e. The predicted octanol–water partition coefficient (Wildman–Crippen LogP) is 2.50. The number of H-pyrrole nitrogens is 1. The van der Waals surface area contributed by atoms with Crippen LogP contribution in [0.1, 0.15) is 50.1 Å². The van der Waals surface area contributed by atoms with Gasteiger partial charge in [0.25, 0.3) is 0 Å². The summed E-state index contributed by atoms with van der Waals surface area (Å²) in [5.74, 6) is 3.23. The number of fused-ring (bicyclic) bond motifs is 1. The highest BCUT2D eigenvalue weighted by Gasteiger charge is 2.34. The lowest BCUT2D eigenvalue weighted by molar-refractivity contribution is -0.122. The van der Waals surface area contributed by atoms with Crippen molar-refractivity contribution in [2.75, 3.05) is 43.4 Å². The smallest absolute Gasteiger partial charge is 0.246 e. The molecule has 6 rings (SSSR count). The molecule has 5 heterocycles. The van der Waals surface area contributed by atoms with Crippen molar-refractivity contribution in [2.45, 2.75) is 50.5 Å². The lowest BCUT2D eigenvalue weighted by atomic mass is 9.98. The van der Waals surface area contributed by atoms with E-state index < -0.39 is 0 Å². The Bertz CT molecular complexity index is 1170. The Balaban J connectivity index is 1.19. The molecule has 0 bridgehead atoms. The van der Waals surface area contributed by atoms with Gasteiger partial charge < -0.3 is 20.4 Å². The minimum atomic E-state index is -0.242. The summed E-state index contributed by atoms with van der Waals surface area (Å²) in [6.45, 7) is 3.70. The van der Waals surface area contributed by atoms with Crippen LogP contribution < -0.4 is 15.5 Å². The Kier molecular flexibility index (Phi) is 5.60. The van der Waals surface area contributed by atoms with Crippen LogP contribution in [0.5, 0.6) is 0 Å². The molecular formula is C24H33N9O. The number of aromatic nitrogens is 5. The maximum atomic E-state index is 13.2. The normalized spacial score (nSPS) is 23.5. The Hall–Kier alpha value is -3.14. The standard InChI is InChI=1S/C24H33N9O/c1-31-10-2-5-16(15-31)14-25-23(34)20-7-3-11-32(20)24-27-22(19-6-4-12-33(19)30-24)26-21-13-18(28-29-21)17-8-9-17/h4,6,12-13,16-17,20H,2-3,5,7-11,14-15H2,1H3,(H,25,34)(H2,26,27,28,29,30)/t16-,20-/m0/s1. The van der Waals surface area contributed by atoms with E-state index in [-0.39, 0.29) is 11.9 Å². The first-order valence-corrected chi connectivity index (χ1v) is 12.5. The van der Waals surface area contributed by atoms with Crippen molar-refractivity contribution in [1.29, 1.82) is 0 Å². The molecule has 10 heteroatoms. The molecule has 34 heavy (non-hydrogen) atoms. The average molecular weight is 464 g/mol. The van der Waals surface area contributed by atoms with Crippen LogP contribution in [-0.2, 0) is 4.79 Å². The monoisotopic (exact) mass is 463 g/mol. The highest BCUT2D eigenvalue weighted by Crippen LogP contribution is 2.39. The summed E-state index contributed by atoms with van der Waals surface area (Å²) in [7, 11) is 2.16. The van der Waals surface area contributed by atoms with Gasteiger partial charge in [-0.2, -0.15) is 10.1 Å². The number of nitrogens with one attached hydrogen (secondary N) is 3. The molecule has 3 N–H and O–H groups in total. The zero-order valence-electron chi connectivity index (χ0n) is 19.7. The molecular weight excluding hydrogens is 430 g/mol. The van der Waals surface area contributed by atoms with Gasteiger partial charge in [0.05, 0.1) is 0 Å². The van der Waals surface area contributed by atoms with Gasteiger partial charge in [-0.1, -0.05) is 0 Å². The van der Waals surface area contributed by atoms with Crippen LogP contribution in [0.2, 0.25) is 0 Å². The van der Waals surface area contributed by atoms with Gasteiger partial charge in [0.1, 0.15) is 11.6 Å². The van der Waals surface area contributed by atoms with E-state index in [4.69, 9.17) is 10.1 Å². The third-order valence-electron chi connectivity index (χ3n) is 7.34. The Morgan fingerprint density at radius 3 is 2.94 bits per heavy atom. The number of piperidine rings is 1. The quantitative estimate of drug-likeness (QED) is 0.494. The molecule has 2 aliphatic heterocycles. The number of amides is 1. The molecule has 2 saturated heterocycles. The minimum absolute atomic E-state index is 0.0813. The zero-order chi connectivity index (χ0) is 23.1. The minimum Gasteiger partial charge on any atom is -0.354 e. The van der Waals surface area contributed by atoms with Crippen molar-refractivity contribution in [2.24, 2.45) is 5.92 Å². The van der Waals surface area contributed by atoms with Crippen LogP contribution in [-0.4, -0.2) is 74.9 Å². The van der Waals surface area contributed by atoms with Crippen molar-refractivity contribution < 1.29 is 4.79 Å². The number of rotatable bonds is 7. The fourth-order valence-corrected chi connectivity index (χ4v) is 5.34. The highest BCUT2D eigenvalue weighted by molar-refractivity contribution is 5.85. The molecule has 0 spiro atoms. The summed E-state index contributed by atoms with van der Waals surface area (Å²) in [6, 6.07) is 5.76. The molecule has 3 aliphatic rings. The number of carbonyl (C=O) groups is 1. The van der Waals surface area contributed by atoms with Gasteiger partial charge in [-0.05, 0) is 70.2 Å². The third kappa shape index (κ3) is 4.34. The summed E-state index contributed by atoms with van der Waals surface area (Å²) in [5, 5.41) is 18.9. The molecule has 3 aromatic heterocycles. The predicted molar refractivity (Wildman–Crippen MR) is 130 cm³/mol. The van der Waals surface area contributed by atoms with Gasteiger partial charge in [0.2, 0.25) is 11.9 Å². The first-order chi connectivity index (χ1) is 16.6. The van der Waals surface area contributed by atoms with Crippen LogP contribution in [0.25, 0.3) is 5.52 Å². The van der Waals surface area contributed by atoms with E-state index in [1.165, 1.54) is 31.4 Å². The van der Waals surface area contributed by atoms with E-state index in [1.54, 1.807) is 0 Å². The Labute approximate surface area is 199 Å². The lowest BCUT2D eigenvalue weighted by Gasteiger charge is -2.30. The second-order valence-corrected chi connectivity index (χ2v) is 10.1. The Morgan fingerprint density at radius 2 is 2.09 bits per heavy atom. The van der Waals surface area contributed by atoms with Crippen LogP contribution in [0.15, 0.2) is 24.4 Å². The average Bonchev–Trinajstić information content (AvgIpc) is 3.22. The molecule has 3 fully saturated rings. The fourth-order valence-electron chi connectivity index (χ4n) is 5.34. The van der Waals surface area contributed by atoms with Crippen LogP contribution >= 0.6 is 0 Å². The van der Waals surface area contributed by atoms with Gasteiger partial charge in [0.15, 0.2) is 11.6 Å². The van der Waals surface area contributed by atoms with Crippen molar-refractivity contribution in [3.05, 3.63) is 30.1 Å². The van der Waals surface area contributed by atoms with Gasteiger partial charge in [0, 0.05) is 43.5 Å².